The van der Waals surface area contributed by atoms with Gasteiger partial charge in [-0.15, -0.1) is 0 Å². The summed E-state index contributed by atoms with van der Waals surface area (Å²) in [6.45, 7) is 0. The quantitative estimate of drug-likeness (QED) is 0.430. The summed E-state index contributed by atoms with van der Waals surface area (Å²) in [5.41, 5.74) is 4.09. The number of aldehydes is 1. The van der Waals surface area contributed by atoms with Gasteiger partial charge in [0.05, 0.1) is 10.5 Å². The summed E-state index contributed by atoms with van der Waals surface area (Å²) in [6, 6.07) is 3.69. The van der Waals surface area contributed by atoms with Gasteiger partial charge in [0.15, 0.2) is 6.29 Å². The number of nitrogens with two attached hydrogens (primary N) is 1. The molecule has 6 heteroatoms. The third-order valence-electron chi connectivity index (χ3n) is 1.66. The highest BCUT2D eigenvalue weighted by Gasteiger charge is 2.18. The lowest BCUT2D eigenvalue weighted by Crippen LogP contribution is -2.14. The van der Waals surface area contributed by atoms with E-state index in [0.29, 0.717) is 0 Å². The second-order valence-electron chi connectivity index (χ2n) is 2.48. The smallest absolute Gasteiger partial charge is 0.280 e. The van der Waals surface area contributed by atoms with Crippen LogP contribution in [-0.4, -0.2) is 17.1 Å². The summed E-state index contributed by atoms with van der Waals surface area (Å²) in [6.07, 6.45) is 0.248. The fraction of sp³-hybridized carbons (Fsp3) is 0. The molecular weight excluding hydrogens is 188 g/mol. The molecule has 0 heterocycles. The van der Waals surface area contributed by atoms with E-state index in [9.17, 15) is 19.7 Å². The molecule has 72 valence electrons. The SMILES string of the molecule is NC(=O)c1cccc([N+](=O)[O-])c1C=O. The molecule has 0 bridgehead atoms. The van der Waals surface area contributed by atoms with E-state index in [1.807, 2.05) is 0 Å². The standard InChI is InChI=1S/C8H6N2O4/c9-8(12)5-2-1-3-7(10(13)14)6(5)4-11/h1-4H,(H2,9,12). The van der Waals surface area contributed by atoms with Gasteiger partial charge in [-0.1, -0.05) is 6.07 Å². The van der Waals surface area contributed by atoms with Gasteiger partial charge in [0, 0.05) is 6.07 Å². The van der Waals surface area contributed by atoms with Gasteiger partial charge in [-0.2, -0.15) is 0 Å². The molecule has 0 radical (unpaired) electrons. The van der Waals surface area contributed by atoms with Gasteiger partial charge in [0.2, 0.25) is 5.91 Å². The molecule has 2 N–H and O–H groups in total. The maximum atomic E-state index is 10.8. The van der Waals surface area contributed by atoms with Crippen LogP contribution in [0.25, 0.3) is 0 Å². The van der Waals surface area contributed by atoms with Crippen molar-refractivity contribution in [2.75, 3.05) is 0 Å². The third kappa shape index (κ3) is 1.58. The lowest BCUT2D eigenvalue weighted by atomic mass is 10.1. The highest BCUT2D eigenvalue weighted by atomic mass is 16.6. The summed E-state index contributed by atoms with van der Waals surface area (Å²) >= 11 is 0. The van der Waals surface area contributed by atoms with Crippen LogP contribution in [0.1, 0.15) is 20.7 Å². The highest BCUT2D eigenvalue weighted by Crippen LogP contribution is 2.19. The van der Waals surface area contributed by atoms with Crippen molar-refractivity contribution in [2.24, 2.45) is 5.73 Å². The number of benzene rings is 1. The van der Waals surface area contributed by atoms with Crippen LogP contribution < -0.4 is 5.73 Å². The molecular formula is C8H6N2O4. The molecule has 0 fully saturated rings. The first-order valence-electron chi connectivity index (χ1n) is 3.60. The minimum atomic E-state index is -0.865. The molecule has 0 saturated carbocycles. The number of primary amides is 1. The Kier molecular flexibility index (Phi) is 2.57. The minimum Gasteiger partial charge on any atom is -0.366 e. The molecule has 0 aliphatic heterocycles. The van der Waals surface area contributed by atoms with Gasteiger partial charge in [-0.3, -0.25) is 19.7 Å². The van der Waals surface area contributed by atoms with Crippen molar-refractivity contribution >= 4 is 17.9 Å². The third-order valence-corrected chi connectivity index (χ3v) is 1.66. The fourth-order valence-corrected chi connectivity index (χ4v) is 1.05. The zero-order valence-electron chi connectivity index (χ0n) is 6.97. The van der Waals surface area contributed by atoms with E-state index < -0.39 is 16.5 Å². The first kappa shape index (κ1) is 9.85. The van der Waals surface area contributed by atoms with Crippen LogP contribution in [0.2, 0.25) is 0 Å². The molecule has 14 heavy (non-hydrogen) atoms. The maximum Gasteiger partial charge on any atom is 0.280 e. The number of nitro groups is 1. The van der Waals surface area contributed by atoms with Crippen LogP contribution in [0.15, 0.2) is 18.2 Å². The minimum absolute atomic E-state index is 0.144. The zero-order valence-corrected chi connectivity index (χ0v) is 6.97. The Morgan fingerprint density at radius 1 is 1.50 bits per heavy atom. The number of nitrogens with zero attached hydrogens (tertiary/aromatic N) is 1. The van der Waals surface area contributed by atoms with Gasteiger partial charge in [-0.25, -0.2) is 0 Å². The molecule has 0 aliphatic carbocycles. The van der Waals surface area contributed by atoms with Crippen molar-refractivity contribution in [2.45, 2.75) is 0 Å². The van der Waals surface area contributed by atoms with Crippen LogP contribution in [0.5, 0.6) is 0 Å². The van der Waals surface area contributed by atoms with Crippen LogP contribution in [-0.2, 0) is 0 Å². The summed E-state index contributed by atoms with van der Waals surface area (Å²) < 4.78 is 0. The van der Waals surface area contributed by atoms with Crippen molar-refractivity contribution in [1.29, 1.82) is 0 Å². The molecule has 1 aromatic carbocycles. The summed E-state index contributed by atoms with van der Waals surface area (Å²) in [5.74, 6) is -0.865. The van der Waals surface area contributed by atoms with E-state index in [1.54, 1.807) is 0 Å². The Labute approximate surface area is 78.5 Å². The second-order valence-corrected chi connectivity index (χ2v) is 2.48. The number of hydrogen-bond donors (Lipinski definition) is 1. The number of hydrogen-bond acceptors (Lipinski definition) is 4. The predicted molar refractivity (Wildman–Crippen MR) is 47.0 cm³/mol. The Morgan fingerprint density at radius 3 is 2.57 bits per heavy atom. The van der Waals surface area contributed by atoms with Gasteiger partial charge in [0.1, 0.15) is 5.56 Å². The van der Waals surface area contributed by atoms with Crippen molar-refractivity contribution in [3.8, 4) is 0 Å². The van der Waals surface area contributed by atoms with Gasteiger partial charge < -0.3 is 5.73 Å². The van der Waals surface area contributed by atoms with Crippen molar-refractivity contribution in [3.63, 3.8) is 0 Å². The molecule has 6 nitrogen and oxygen atoms in total. The van der Waals surface area contributed by atoms with Crippen LogP contribution in [0.3, 0.4) is 0 Å². The zero-order chi connectivity index (χ0) is 10.7. The number of rotatable bonds is 3. The van der Waals surface area contributed by atoms with E-state index >= 15 is 0 Å². The van der Waals surface area contributed by atoms with Crippen molar-refractivity contribution < 1.29 is 14.5 Å². The molecule has 0 spiro atoms. The van der Waals surface area contributed by atoms with Crippen LogP contribution in [0.4, 0.5) is 5.69 Å². The van der Waals surface area contributed by atoms with E-state index in [2.05, 4.69) is 0 Å². The molecule has 1 rings (SSSR count). The number of carbonyl (C=O) groups excluding carboxylic acids is 2. The monoisotopic (exact) mass is 194 g/mol. The first-order valence-corrected chi connectivity index (χ1v) is 3.60. The predicted octanol–water partition coefficient (Wildman–Crippen LogP) is 0.506. The van der Waals surface area contributed by atoms with Gasteiger partial charge in [-0.05, 0) is 6.07 Å². The molecule has 0 saturated heterocycles. The summed E-state index contributed by atoms with van der Waals surface area (Å²) in [7, 11) is 0. The fourth-order valence-electron chi connectivity index (χ4n) is 1.05. The molecule has 0 aromatic heterocycles. The average molecular weight is 194 g/mol. The number of nitro benzene ring substituents is 1. The molecule has 0 unspecified atom stereocenters. The van der Waals surface area contributed by atoms with Crippen molar-refractivity contribution in [3.05, 3.63) is 39.4 Å². The van der Waals surface area contributed by atoms with E-state index in [4.69, 9.17) is 5.73 Å². The first-order chi connectivity index (χ1) is 6.57. The summed E-state index contributed by atoms with van der Waals surface area (Å²) in [5, 5.41) is 10.5. The second kappa shape index (κ2) is 3.65. The lowest BCUT2D eigenvalue weighted by Gasteiger charge is -1.99. The maximum absolute atomic E-state index is 10.8. The Balaban J connectivity index is 3.47. The van der Waals surface area contributed by atoms with E-state index in [0.717, 1.165) is 6.07 Å². The Bertz CT molecular complexity index is 382. The summed E-state index contributed by atoms with van der Waals surface area (Å²) in [4.78, 5) is 31.1. The van der Waals surface area contributed by atoms with E-state index in [-0.39, 0.29) is 17.4 Å². The highest BCUT2D eigenvalue weighted by molar-refractivity contribution is 6.02. The molecule has 0 aliphatic rings. The van der Waals surface area contributed by atoms with Gasteiger partial charge >= 0.3 is 0 Å². The van der Waals surface area contributed by atoms with Crippen LogP contribution >= 0.6 is 0 Å². The number of carbonyl (C=O) groups is 2. The molecule has 0 atom stereocenters. The van der Waals surface area contributed by atoms with E-state index in [1.165, 1.54) is 12.1 Å². The molecule has 1 aromatic rings. The largest absolute Gasteiger partial charge is 0.366 e. The average Bonchev–Trinajstić information content (AvgIpc) is 2.16. The number of amides is 1. The lowest BCUT2D eigenvalue weighted by molar-refractivity contribution is -0.385. The van der Waals surface area contributed by atoms with Gasteiger partial charge in [0.25, 0.3) is 5.69 Å². The van der Waals surface area contributed by atoms with Crippen molar-refractivity contribution in [1.82, 2.24) is 0 Å². The normalized spacial score (nSPS) is 9.43. The topological polar surface area (TPSA) is 103 Å². The Morgan fingerprint density at radius 2 is 2.14 bits per heavy atom. The van der Waals surface area contributed by atoms with Crippen LogP contribution in [0, 0.1) is 10.1 Å². The Hall–Kier alpha value is -2.24. The molecule has 1 amide bonds.